The summed E-state index contributed by atoms with van der Waals surface area (Å²) < 4.78 is 5.68. The first-order valence-corrected chi connectivity index (χ1v) is 9.19. The Labute approximate surface area is 163 Å². The van der Waals surface area contributed by atoms with Gasteiger partial charge < -0.3 is 20.3 Å². The minimum Gasteiger partial charge on any atom is -0.489 e. The van der Waals surface area contributed by atoms with Crippen LogP contribution in [0.15, 0.2) is 48.5 Å². The van der Waals surface area contributed by atoms with Crippen molar-refractivity contribution >= 4 is 34.8 Å². The fraction of sp³-hybridized carbons (Fsp3) is 0.286. The van der Waals surface area contributed by atoms with Gasteiger partial charge in [-0.05, 0) is 38.1 Å². The Kier molecular flexibility index (Phi) is 5.93. The lowest BCUT2D eigenvalue weighted by atomic mass is 10.1. The van der Waals surface area contributed by atoms with Crippen LogP contribution in [-0.4, -0.2) is 30.4 Å². The quantitative estimate of drug-likeness (QED) is 0.804. The molecule has 0 aliphatic carbocycles. The highest BCUT2D eigenvalue weighted by Crippen LogP contribution is 2.29. The molecular weight excluding hydrogens is 358 g/mol. The van der Waals surface area contributed by atoms with Crippen LogP contribution in [0, 0.1) is 0 Å². The monoisotopic (exact) mass is 381 g/mol. The molecule has 0 aromatic heterocycles. The number of nitrogens with one attached hydrogen (secondary N) is 2. The van der Waals surface area contributed by atoms with E-state index in [0.717, 1.165) is 0 Å². The highest BCUT2D eigenvalue weighted by atomic mass is 16.5. The number of rotatable bonds is 6. The van der Waals surface area contributed by atoms with E-state index < -0.39 is 0 Å². The topological polar surface area (TPSA) is 87.7 Å². The summed E-state index contributed by atoms with van der Waals surface area (Å²) in [5, 5.41) is 5.53. The summed E-state index contributed by atoms with van der Waals surface area (Å²) in [7, 11) is 0. The Morgan fingerprint density at radius 2 is 1.82 bits per heavy atom. The lowest BCUT2D eigenvalue weighted by Crippen LogP contribution is -2.42. The van der Waals surface area contributed by atoms with E-state index in [-0.39, 0.29) is 43.2 Å². The molecule has 0 radical (unpaired) electrons. The van der Waals surface area contributed by atoms with Crippen LogP contribution < -0.4 is 20.3 Å². The summed E-state index contributed by atoms with van der Waals surface area (Å²) in [6, 6.07) is 14.3. The van der Waals surface area contributed by atoms with E-state index in [1.165, 1.54) is 4.90 Å². The standard InChI is InChI=1S/C21H23N3O4/c1-14(2)28-18-10-6-4-8-16(18)23-19(25)11-12-21(27)24-13-20(26)22-15-7-3-5-9-17(15)24/h3-10,14H,11-13H2,1-2H3,(H,22,26)(H,23,25). The van der Waals surface area contributed by atoms with Crippen LogP contribution in [0.25, 0.3) is 0 Å². The maximum absolute atomic E-state index is 12.6. The Balaban J connectivity index is 1.61. The van der Waals surface area contributed by atoms with Gasteiger partial charge in [0.2, 0.25) is 17.7 Å². The molecule has 0 saturated carbocycles. The van der Waals surface area contributed by atoms with E-state index in [9.17, 15) is 14.4 Å². The first kappa shape index (κ1) is 19.4. The van der Waals surface area contributed by atoms with Crippen molar-refractivity contribution < 1.29 is 19.1 Å². The van der Waals surface area contributed by atoms with Crippen molar-refractivity contribution in [1.82, 2.24) is 0 Å². The Morgan fingerprint density at radius 1 is 1.11 bits per heavy atom. The van der Waals surface area contributed by atoms with Crippen LogP contribution in [0.5, 0.6) is 5.75 Å². The van der Waals surface area contributed by atoms with Gasteiger partial charge in [0.05, 0.1) is 23.2 Å². The third-order valence-electron chi connectivity index (χ3n) is 4.16. The Hall–Kier alpha value is -3.35. The molecule has 0 fully saturated rings. The van der Waals surface area contributed by atoms with E-state index in [1.807, 2.05) is 19.9 Å². The molecule has 2 aromatic carbocycles. The highest BCUT2D eigenvalue weighted by molar-refractivity contribution is 6.10. The molecule has 0 spiro atoms. The number of amides is 3. The maximum Gasteiger partial charge on any atom is 0.244 e. The largest absolute Gasteiger partial charge is 0.489 e. The minimum atomic E-state index is -0.289. The molecule has 1 aliphatic rings. The van der Waals surface area contributed by atoms with Crippen LogP contribution in [0.2, 0.25) is 0 Å². The molecule has 7 heteroatoms. The second kappa shape index (κ2) is 8.56. The molecule has 2 aromatic rings. The first-order valence-electron chi connectivity index (χ1n) is 9.19. The van der Waals surface area contributed by atoms with Crippen molar-refractivity contribution in [2.24, 2.45) is 0 Å². The molecule has 0 atom stereocenters. The van der Waals surface area contributed by atoms with Crippen molar-refractivity contribution in [2.75, 3.05) is 22.1 Å². The van der Waals surface area contributed by atoms with Gasteiger partial charge in [-0.2, -0.15) is 0 Å². The van der Waals surface area contributed by atoms with Crippen LogP contribution >= 0.6 is 0 Å². The van der Waals surface area contributed by atoms with Crippen LogP contribution in [-0.2, 0) is 14.4 Å². The zero-order valence-electron chi connectivity index (χ0n) is 15.9. The number of hydrogen-bond acceptors (Lipinski definition) is 4. The van der Waals surface area contributed by atoms with Gasteiger partial charge in [-0.3, -0.25) is 14.4 Å². The van der Waals surface area contributed by atoms with Crippen LogP contribution in [0.3, 0.4) is 0 Å². The van der Waals surface area contributed by atoms with Gasteiger partial charge in [-0.1, -0.05) is 24.3 Å². The van der Waals surface area contributed by atoms with E-state index >= 15 is 0 Å². The second-order valence-electron chi connectivity index (χ2n) is 6.76. The highest BCUT2D eigenvalue weighted by Gasteiger charge is 2.26. The zero-order chi connectivity index (χ0) is 20.1. The number of anilines is 3. The summed E-state index contributed by atoms with van der Waals surface area (Å²) >= 11 is 0. The smallest absolute Gasteiger partial charge is 0.244 e. The number of carbonyl (C=O) groups is 3. The Morgan fingerprint density at radius 3 is 2.61 bits per heavy atom. The average molecular weight is 381 g/mol. The molecule has 146 valence electrons. The average Bonchev–Trinajstić information content (AvgIpc) is 2.66. The number of hydrogen-bond donors (Lipinski definition) is 2. The molecule has 2 N–H and O–H groups in total. The van der Waals surface area contributed by atoms with Gasteiger partial charge in [-0.15, -0.1) is 0 Å². The Bertz CT molecular complexity index is 895. The number of fused-ring (bicyclic) bond motifs is 1. The molecule has 3 amide bonds. The van der Waals surface area contributed by atoms with Crippen LogP contribution in [0.1, 0.15) is 26.7 Å². The SMILES string of the molecule is CC(C)Oc1ccccc1NC(=O)CCC(=O)N1CC(=O)Nc2ccccc21. The molecular formula is C21H23N3O4. The normalized spacial score (nSPS) is 13.0. The molecule has 0 bridgehead atoms. The lowest BCUT2D eigenvalue weighted by molar-refractivity contribution is -0.124. The molecule has 1 aliphatic heterocycles. The zero-order valence-corrected chi connectivity index (χ0v) is 15.9. The molecule has 0 unspecified atom stereocenters. The first-order chi connectivity index (χ1) is 13.4. The van der Waals surface area contributed by atoms with E-state index in [1.54, 1.807) is 42.5 Å². The summed E-state index contributed by atoms with van der Waals surface area (Å²) in [6.07, 6.45) is -0.0135. The fourth-order valence-electron chi connectivity index (χ4n) is 2.95. The van der Waals surface area contributed by atoms with Crippen molar-refractivity contribution in [3.8, 4) is 5.75 Å². The minimum absolute atomic E-state index is 0.000647. The van der Waals surface area contributed by atoms with Gasteiger partial charge in [0, 0.05) is 12.8 Å². The van der Waals surface area contributed by atoms with E-state index in [0.29, 0.717) is 22.8 Å². The number of ether oxygens (including phenoxy) is 1. The molecule has 7 nitrogen and oxygen atoms in total. The van der Waals surface area contributed by atoms with Crippen molar-refractivity contribution in [3.63, 3.8) is 0 Å². The third-order valence-corrected chi connectivity index (χ3v) is 4.16. The third kappa shape index (κ3) is 4.68. The van der Waals surface area contributed by atoms with Crippen molar-refractivity contribution in [2.45, 2.75) is 32.8 Å². The van der Waals surface area contributed by atoms with Gasteiger partial charge in [0.25, 0.3) is 0 Å². The van der Waals surface area contributed by atoms with Gasteiger partial charge in [0.1, 0.15) is 12.3 Å². The van der Waals surface area contributed by atoms with Gasteiger partial charge in [-0.25, -0.2) is 0 Å². The molecule has 0 saturated heterocycles. The summed E-state index contributed by atoms with van der Waals surface area (Å²) in [6.45, 7) is 3.76. The van der Waals surface area contributed by atoms with E-state index in [2.05, 4.69) is 10.6 Å². The van der Waals surface area contributed by atoms with Crippen molar-refractivity contribution in [3.05, 3.63) is 48.5 Å². The lowest BCUT2D eigenvalue weighted by Gasteiger charge is -2.29. The second-order valence-corrected chi connectivity index (χ2v) is 6.76. The van der Waals surface area contributed by atoms with Crippen molar-refractivity contribution in [1.29, 1.82) is 0 Å². The number of carbonyl (C=O) groups excluding carboxylic acids is 3. The number of benzene rings is 2. The predicted octanol–water partition coefficient (Wildman–Crippen LogP) is 3.18. The number of para-hydroxylation sites is 4. The molecule has 3 rings (SSSR count). The summed E-state index contributed by atoms with van der Waals surface area (Å²) in [5.41, 5.74) is 1.80. The fourth-order valence-corrected chi connectivity index (χ4v) is 2.95. The van der Waals surface area contributed by atoms with Gasteiger partial charge in [0.15, 0.2) is 0 Å². The number of nitrogens with zero attached hydrogens (tertiary/aromatic N) is 1. The van der Waals surface area contributed by atoms with Gasteiger partial charge >= 0.3 is 0 Å². The molecule has 1 heterocycles. The summed E-state index contributed by atoms with van der Waals surface area (Å²) in [4.78, 5) is 38.2. The molecule has 28 heavy (non-hydrogen) atoms. The summed E-state index contributed by atoms with van der Waals surface area (Å²) in [5.74, 6) is -0.234. The predicted molar refractivity (Wildman–Crippen MR) is 107 cm³/mol. The van der Waals surface area contributed by atoms with Crippen LogP contribution in [0.4, 0.5) is 17.1 Å². The maximum atomic E-state index is 12.6. The van der Waals surface area contributed by atoms with E-state index in [4.69, 9.17) is 4.74 Å².